The Labute approximate surface area is 205 Å². The molecule has 2 aliphatic rings. The van der Waals surface area contributed by atoms with E-state index in [1.54, 1.807) is 5.38 Å². The van der Waals surface area contributed by atoms with Gasteiger partial charge in [0.25, 0.3) is 5.91 Å². The second-order valence-corrected chi connectivity index (χ2v) is 9.31. The van der Waals surface area contributed by atoms with E-state index in [4.69, 9.17) is 9.47 Å². The minimum Gasteiger partial charge on any atom is -0.481 e. The average Bonchev–Trinajstić information content (AvgIpc) is 3.59. The summed E-state index contributed by atoms with van der Waals surface area (Å²) in [6.45, 7) is 0.522. The van der Waals surface area contributed by atoms with Gasteiger partial charge < -0.3 is 25.2 Å². The smallest absolute Gasteiger partial charge is 0.407 e. The predicted molar refractivity (Wildman–Crippen MR) is 127 cm³/mol. The van der Waals surface area contributed by atoms with Crippen LogP contribution >= 0.6 is 11.3 Å². The maximum atomic E-state index is 12.4. The van der Waals surface area contributed by atoms with E-state index >= 15 is 0 Å². The Morgan fingerprint density at radius 3 is 2.43 bits per heavy atom. The van der Waals surface area contributed by atoms with Crippen molar-refractivity contribution in [3.63, 3.8) is 0 Å². The second-order valence-electron chi connectivity index (χ2n) is 8.37. The van der Waals surface area contributed by atoms with E-state index in [1.165, 1.54) is 11.3 Å². The molecule has 10 heteroatoms. The fourth-order valence-corrected chi connectivity index (χ4v) is 5.19. The number of aliphatic carboxylic acids is 1. The third kappa shape index (κ3) is 4.75. The van der Waals surface area contributed by atoms with E-state index in [1.807, 2.05) is 24.3 Å². The van der Waals surface area contributed by atoms with Gasteiger partial charge in [0.05, 0.1) is 25.8 Å². The van der Waals surface area contributed by atoms with E-state index in [-0.39, 0.29) is 38.0 Å². The molecular weight excluding hydrogens is 470 g/mol. The number of benzene rings is 2. The summed E-state index contributed by atoms with van der Waals surface area (Å²) >= 11 is 1.22. The SMILES string of the molecule is O=C(NCc1nc(C(=O)NC2COCC2C(=O)O)cs1)OCC1c2ccccc2-c2ccccc21. The number of nitrogens with zero attached hydrogens (tertiary/aromatic N) is 1. The van der Waals surface area contributed by atoms with Gasteiger partial charge in [-0.05, 0) is 22.3 Å². The van der Waals surface area contributed by atoms with Gasteiger partial charge in [-0.15, -0.1) is 11.3 Å². The Balaban J connectivity index is 1.14. The first-order valence-corrected chi connectivity index (χ1v) is 12.0. The van der Waals surface area contributed by atoms with Gasteiger partial charge in [0, 0.05) is 11.3 Å². The maximum Gasteiger partial charge on any atom is 0.407 e. The monoisotopic (exact) mass is 493 g/mol. The van der Waals surface area contributed by atoms with Crippen molar-refractivity contribution in [3.05, 3.63) is 75.7 Å². The lowest BCUT2D eigenvalue weighted by Gasteiger charge is -2.14. The van der Waals surface area contributed by atoms with Gasteiger partial charge in [0.1, 0.15) is 23.2 Å². The summed E-state index contributed by atoms with van der Waals surface area (Å²) < 4.78 is 10.7. The van der Waals surface area contributed by atoms with Crippen LogP contribution in [0.15, 0.2) is 53.9 Å². The number of thiazole rings is 1. The zero-order valence-corrected chi connectivity index (χ0v) is 19.4. The van der Waals surface area contributed by atoms with E-state index in [9.17, 15) is 19.5 Å². The Morgan fingerprint density at radius 1 is 1.06 bits per heavy atom. The molecule has 0 bridgehead atoms. The molecule has 2 atom stereocenters. The Bertz CT molecular complexity index is 1230. The van der Waals surface area contributed by atoms with Crippen LogP contribution in [-0.2, 0) is 20.8 Å². The summed E-state index contributed by atoms with van der Waals surface area (Å²) in [5, 5.41) is 16.6. The van der Waals surface area contributed by atoms with Crippen LogP contribution in [-0.4, -0.2) is 53.9 Å². The quantitative estimate of drug-likeness (QED) is 0.462. The van der Waals surface area contributed by atoms with Crippen LogP contribution in [0.25, 0.3) is 11.1 Å². The van der Waals surface area contributed by atoms with Crippen LogP contribution in [0.2, 0.25) is 0 Å². The van der Waals surface area contributed by atoms with Crippen molar-refractivity contribution in [3.8, 4) is 11.1 Å². The molecule has 1 saturated heterocycles. The first-order chi connectivity index (χ1) is 17.0. The van der Waals surface area contributed by atoms with Crippen LogP contribution in [0.1, 0.15) is 32.5 Å². The Hall–Kier alpha value is -3.76. The van der Waals surface area contributed by atoms with E-state index in [2.05, 4.69) is 39.9 Å². The summed E-state index contributed by atoms with van der Waals surface area (Å²) in [5.41, 5.74) is 4.74. The van der Waals surface area contributed by atoms with Crippen LogP contribution in [0.4, 0.5) is 4.79 Å². The van der Waals surface area contributed by atoms with Gasteiger partial charge in [-0.25, -0.2) is 9.78 Å². The van der Waals surface area contributed by atoms with Crippen LogP contribution in [0.5, 0.6) is 0 Å². The molecule has 3 N–H and O–H groups in total. The predicted octanol–water partition coefficient (Wildman–Crippen LogP) is 3.01. The lowest BCUT2D eigenvalue weighted by Crippen LogP contribution is -2.42. The average molecular weight is 494 g/mol. The molecule has 5 rings (SSSR count). The topological polar surface area (TPSA) is 127 Å². The minimum atomic E-state index is -1.01. The number of carbonyl (C=O) groups excluding carboxylic acids is 2. The van der Waals surface area contributed by atoms with E-state index in [0.29, 0.717) is 5.01 Å². The highest BCUT2D eigenvalue weighted by molar-refractivity contribution is 7.09. The summed E-state index contributed by atoms with van der Waals surface area (Å²) in [7, 11) is 0. The zero-order chi connectivity index (χ0) is 24.4. The largest absolute Gasteiger partial charge is 0.481 e. The number of nitrogens with one attached hydrogen (secondary N) is 2. The van der Waals surface area contributed by atoms with Crippen molar-refractivity contribution in [2.75, 3.05) is 19.8 Å². The van der Waals surface area contributed by atoms with Crippen molar-refractivity contribution < 1.29 is 29.0 Å². The molecule has 2 amide bonds. The first-order valence-electron chi connectivity index (χ1n) is 11.2. The number of carboxylic acids is 1. The molecule has 0 radical (unpaired) electrons. The summed E-state index contributed by atoms with van der Waals surface area (Å²) in [6.07, 6.45) is -0.569. The lowest BCUT2D eigenvalue weighted by molar-refractivity contribution is -0.142. The summed E-state index contributed by atoms with van der Waals surface area (Å²) in [6, 6.07) is 15.6. The lowest BCUT2D eigenvalue weighted by atomic mass is 9.98. The Morgan fingerprint density at radius 2 is 1.74 bits per heavy atom. The number of hydrogen-bond donors (Lipinski definition) is 3. The summed E-state index contributed by atoms with van der Waals surface area (Å²) in [4.78, 5) is 40.3. The number of rotatable bonds is 7. The van der Waals surface area contributed by atoms with E-state index in [0.717, 1.165) is 22.3 Å². The third-order valence-corrected chi connectivity index (χ3v) is 7.08. The molecule has 1 aromatic heterocycles. The van der Waals surface area contributed by atoms with Gasteiger partial charge >= 0.3 is 12.1 Å². The molecule has 3 aromatic rings. The molecular formula is C25H23N3O6S. The highest BCUT2D eigenvalue weighted by Crippen LogP contribution is 2.44. The maximum absolute atomic E-state index is 12.4. The molecule has 0 saturated carbocycles. The van der Waals surface area contributed by atoms with Gasteiger partial charge in [-0.2, -0.15) is 0 Å². The number of alkyl carbamates (subject to hydrolysis) is 1. The van der Waals surface area contributed by atoms with Gasteiger partial charge in [-0.1, -0.05) is 48.5 Å². The van der Waals surface area contributed by atoms with Gasteiger partial charge in [-0.3, -0.25) is 9.59 Å². The van der Waals surface area contributed by atoms with Crippen molar-refractivity contribution in [1.29, 1.82) is 0 Å². The molecule has 2 heterocycles. The number of fused-ring (bicyclic) bond motifs is 3. The van der Waals surface area contributed by atoms with Crippen LogP contribution in [0.3, 0.4) is 0 Å². The van der Waals surface area contributed by atoms with Crippen molar-refractivity contribution in [1.82, 2.24) is 15.6 Å². The van der Waals surface area contributed by atoms with Crippen molar-refractivity contribution >= 4 is 29.3 Å². The molecule has 1 fully saturated rings. The Kier molecular flexibility index (Phi) is 6.47. The molecule has 9 nitrogen and oxygen atoms in total. The number of ether oxygens (including phenoxy) is 2. The van der Waals surface area contributed by atoms with Gasteiger partial charge in [0.15, 0.2) is 0 Å². The minimum absolute atomic E-state index is 0.0301. The normalized spacial score (nSPS) is 18.5. The van der Waals surface area contributed by atoms with Gasteiger partial charge in [0.2, 0.25) is 0 Å². The number of carbonyl (C=O) groups is 3. The first kappa shape index (κ1) is 23.0. The molecule has 35 heavy (non-hydrogen) atoms. The number of aromatic nitrogens is 1. The van der Waals surface area contributed by atoms with Crippen molar-refractivity contribution in [2.24, 2.45) is 5.92 Å². The fraction of sp³-hybridized carbons (Fsp3) is 0.280. The molecule has 180 valence electrons. The fourth-order valence-electron chi connectivity index (χ4n) is 4.48. The van der Waals surface area contributed by atoms with E-state index < -0.39 is 29.9 Å². The molecule has 1 aliphatic carbocycles. The highest BCUT2D eigenvalue weighted by atomic mass is 32.1. The molecule has 1 aliphatic heterocycles. The number of carboxylic acid groups (broad SMARTS) is 1. The second kappa shape index (κ2) is 9.85. The number of amides is 2. The molecule has 2 aromatic carbocycles. The van der Waals surface area contributed by atoms with Crippen molar-refractivity contribution in [2.45, 2.75) is 18.5 Å². The molecule has 2 unspecified atom stereocenters. The third-order valence-electron chi connectivity index (χ3n) is 6.23. The summed E-state index contributed by atoms with van der Waals surface area (Å²) in [5.74, 6) is -2.31. The standard InChI is InChI=1S/C25H23N3O6S/c29-23(28-20-12-33-10-19(20)24(30)31)21-13-35-22(27-21)9-26-25(32)34-11-18-16-7-3-1-5-14(16)15-6-2-4-8-17(15)18/h1-8,13,18-20H,9-12H2,(H,26,32)(H,28,29)(H,30,31). The molecule has 0 spiro atoms. The zero-order valence-electron chi connectivity index (χ0n) is 18.6. The highest BCUT2D eigenvalue weighted by Gasteiger charge is 2.35. The number of hydrogen-bond acceptors (Lipinski definition) is 7. The van der Waals surface area contributed by atoms with Crippen LogP contribution in [0, 0.1) is 5.92 Å². The van der Waals surface area contributed by atoms with Crippen LogP contribution < -0.4 is 10.6 Å².